The molecule has 1 aliphatic rings. The summed E-state index contributed by atoms with van der Waals surface area (Å²) in [6.07, 6.45) is 1.82. The minimum atomic E-state index is 0.00404. The third-order valence-corrected chi connectivity index (χ3v) is 3.67. The highest BCUT2D eigenvalue weighted by molar-refractivity contribution is 5.36. The minimum absolute atomic E-state index is 0.00404. The van der Waals surface area contributed by atoms with E-state index in [1.807, 2.05) is 36.9 Å². The van der Waals surface area contributed by atoms with Gasteiger partial charge in [0.25, 0.3) is 0 Å². The summed E-state index contributed by atoms with van der Waals surface area (Å²) >= 11 is 0. The molecule has 2 aromatic heterocycles. The summed E-state index contributed by atoms with van der Waals surface area (Å²) in [5, 5.41) is 10.9. The SMILES string of the molecule is Cc1nc(NCCn2nccc2C)cc(C2CNCCO2)n1. The summed E-state index contributed by atoms with van der Waals surface area (Å²) < 4.78 is 7.73. The number of aryl methyl sites for hydroxylation is 2. The van der Waals surface area contributed by atoms with Crippen LogP contribution in [0, 0.1) is 13.8 Å². The molecule has 2 aromatic rings. The number of nitrogens with one attached hydrogen (secondary N) is 2. The largest absolute Gasteiger partial charge is 0.369 e. The van der Waals surface area contributed by atoms with Crippen molar-refractivity contribution in [1.29, 1.82) is 0 Å². The predicted molar refractivity (Wildman–Crippen MR) is 83.8 cm³/mol. The van der Waals surface area contributed by atoms with Crippen molar-refractivity contribution in [2.75, 3.05) is 31.6 Å². The Labute approximate surface area is 130 Å². The second-order valence-electron chi connectivity index (χ2n) is 5.41. The average Bonchev–Trinajstić information content (AvgIpc) is 2.93. The van der Waals surface area contributed by atoms with E-state index in [9.17, 15) is 0 Å². The molecule has 7 nitrogen and oxygen atoms in total. The van der Waals surface area contributed by atoms with Crippen molar-refractivity contribution in [1.82, 2.24) is 25.1 Å². The van der Waals surface area contributed by atoms with Gasteiger partial charge in [0.15, 0.2) is 0 Å². The number of hydrogen-bond acceptors (Lipinski definition) is 6. The van der Waals surface area contributed by atoms with Gasteiger partial charge in [0.2, 0.25) is 0 Å². The Hall–Kier alpha value is -1.99. The zero-order valence-corrected chi connectivity index (χ0v) is 13.0. The van der Waals surface area contributed by atoms with E-state index in [1.165, 1.54) is 0 Å². The van der Waals surface area contributed by atoms with E-state index >= 15 is 0 Å². The lowest BCUT2D eigenvalue weighted by Crippen LogP contribution is -2.34. The maximum atomic E-state index is 5.76. The Morgan fingerprint density at radius 1 is 1.41 bits per heavy atom. The van der Waals surface area contributed by atoms with E-state index in [0.717, 1.165) is 55.8 Å². The fourth-order valence-electron chi connectivity index (χ4n) is 2.52. The normalized spacial score (nSPS) is 18.4. The van der Waals surface area contributed by atoms with Crippen LogP contribution in [-0.4, -0.2) is 46.0 Å². The van der Waals surface area contributed by atoms with Crippen molar-refractivity contribution < 1.29 is 4.74 Å². The number of hydrogen-bond donors (Lipinski definition) is 2. The van der Waals surface area contributed by atoms with Gasteiger partial charge in [0, 0.05) is 37.6 Å². The Morgan fingerprint density at radius 2 is 2.32 bits per heavy atom. The molecule has 0 radical (unpaired) electrons. The molecule has 1 fully saturated rings. The van der Waals surface area contributed by atoms with E-state index < -0.39 is 0 Å². The minimum Gasteiger partial charge on any atom is -0.369 e. The second kappa shape index (κ2) is 6.85. The van der Waals surface area contributed by atoms with Gasteiger partial charge in [-0.25, -0.2) is 9.97 Å². The van der Waals surface area contributed by atoms with Crippen LogP contribution in [0.2, 0.25) is 0 Å². The monoisotopic (exact) mass is 302 g/mol. The molecule has 22 heavy (non-hydrogen) atoms. The summed E-state index contributed by atoms with van der Waals surface area (Å²) in [7, 11) is 0. The fourth-order valence-corrected chi connectivity index (χ4v) is 2.52. The van der Waals surface area contributed by atoms with E-state index in [4.69, 9.17) is 4.74 Å². The molecule has 0 aliphatic carbocycles. The molecule has 0 aromatic carbocycles. The Balaban J connectivity index is 1.63. The average molecular weight is 302 g/mol. The summed E-state index contributed by atoms with van der Waals surface area (Å²) in [4.78, 5) is 8.94. The highest BCUT2D eigenvalue weighted by atomic mass is 16.5. The van der Waals surface area contributed by atoms with Crippen molar-refractivity contribution >= 4 is 5.82 Å². The Morgan fingerprint density at radius 3 is 3.05 bits per heavy atom. The first kappa shape index (κ1) is 14.9. The van der Waals surface area contributed by atoms with Crippen LogP contribution >= 0.6 is 0 Å². The molecule has 1 saturated heterocycles. The summed E-state index contributed by atoms with van der Waals surface area (Å²) in [6.45, 7) is 7.93. The number of rotatable bonds is 5. The Bertz CT molecular complexity index is 620. The van der Waals surface area contributed by atoms with Gasteiger partial charge in [-0.1, -0.05) is 0 Å². The number of ether oxygens (including phenoxy) is 1. The predicted octanol–water partition coefficient (Wildman–Crippen LogP) is 1.06. The van der Waals surface area contributed by atoms with Gasteiger partial charge in [-0.2, -0.15) is 5.10 Å². The summed E-state index contributed by atoms with van der Waals surface area (Å²) in [5.74, 6) is 1.59. The molecule has 7 heteroatoms. The molecular weight excluding hydrogens is 280 g/mol. The lowest BCUT2D eigenvalue weighted by molar-refractivity contribution is 0.0249. The van der Waals surface area contributed by atoms with E-state index in [0.29, 0.717) is 0 Å². The first-order chi connectivity index (χ1) is 10.7. The molecule has 0 spiro atoms. The van der Waals surface area contributed by atoms with Gasteiger partial charge < -0.3 is 15.4 Å². The standard InChI is InChI=1S/C15H22N6O/c1-11-3-4-18-21(11)7-5-17-15-9-13(19-12(2)20-15)14-10-16-6-8-22-14/h3-4,9,14,16H,5-8,10H2,1-2H3,(H,17,19,20). The molecule has 1 atom stereocenters. The van der Waals surface area contributed by atoms with Crippen molar-refractivity contribution in [3.63, 3.8) is 0 Å². The number of morpholine rings is 1. The van der Waals surface area contributed by atoms with Crippen molar-refractivity contribution in [3.05, 3.63) is 35.5 Å². The van der Waals surface area contributed by atoms with Crippen LogP contribution in [-0.2, 0) is 11.3 Å². The second-order valence-corrected chi connectivity index (χ2v) is 5.41. The third kappa shape index (κ3) is 3.61. The van der Waals surface area contributed by atoms with Crippen molar-refractivity contribution in [2.24, 2.45) is 0 Å². The molecule has 0 saturated carbocycles. The van der Waals surface area contributed by atoms with E-state index in [2.05, 4.69) is 25.7 Å². The van der Waals surface area contributed by atoms with Gasteiger partial charge in [-0.3, -0.25) is 4.68 Å². The van der Waals surface area contributed by atoms with Gasteiger partial charge >= 0.3 is 0 Å². The van der Waals surface area contributed by atoms with Crippen LogP contribution in [0.3, 0.4) is 0 Å². The highest BCUT2D eigenvalue weighted by Gasteiger charge is 2.18. The van der Waals surface area contributed by atoms with Gasteiger partial charge in [-0.15, -0.1) is 0 Å². The summed E-state index contributed by atoms with van der Waals surface area (Å²) in [6, 6.07) is 3.97. The molecule has 1 aliphatic heterocycles. The van der Waals surface area contributed by atoms with Crippen LogP contribution in [0.1, 0.15) is 23.3 Å². The van der Waals surface area contributed by atoms with Gasteiger partial charge in [0.05, 0.1) is 18.8 Å². The first-order valence-electron chi connectivity index (χ1n) is 7.62. The fraction of sp³-hybridized carbons (Fsp3) is 0.533. The molecule has 1 unspecified atom stereocenters. The van der Waals surface area contributed by atoms with Crippen LogP contribution in [0.4, 0.5) is 5.82 Å². The lowest BCUT2D eigenvalue weighted by Gasteiger charge is -2.23. The molecular formula is C15H22N6O. The lowest BCUT2D eigenvalue weighted by atomic mass is 10.2. The number of anilines is 1. The number of nitrogens with zero attached hydrogens (tertiary/aromatic N) is 4. The zero-order valence-electron chi connectivity index (χ0n) is 13.0. The van der Waals surface area contributed by atoms with Crippen molar-refractivity contribution in [3.8, 4) is 0 Å². The first-order valence-corrected chi connectivity index (χ1v) is 7.62. The van der Waals surface area contributed by atoms with Crippen LogP contribution in [0.25, 0.3) is 0 Å². The highest BCUT2D eigenvalue weighted by Crippen LogP contribution is 2.19. The zero-order chi connectivity index (χ0) is 15.4. The number of aromatic nitrogens is 4. The molecule has 3 rings (SSSR count). The van der Waals surface area contributed by atoms with E-state index in [-0.39, 0.29) is 6.10 Å². The quantitative estimate of drug-likeness (QED) is 0.860. The summed E-state index contributed by atoms with van der Waals surface area (Å²) in [5.41, 5.74) is 2.08. The maximum absolute atomic E-state index is 5.76. The third-order valence-electron chi connectivity index (χ3n) is 3.67. The molecule has 3 heterocycles. The van der Waals surface area contributed by atoms with Crippen molar-refractivity contribution in [2.45, 2.75) is 26.5 Å². The van der Waals surface area contributed by atoms with Crippen LogP contribution < -0.4 is 10.6 Å². The van der Waals surface area contributed by atoms with Crippen LogP contribution in [0.15, 0.2) is 18.3 Å². The van der Waals surface area contributed by atoms with Gasteiger partial charge in [0.1, 0.15) is 17.7 Å². The smallest absolute Gasteiger partial charge is 0.130 e. The molecule has 0 amide bonds. The van der Waals surface area contributed by atoms with Gasteiger partial charge in [-0.05, 0) is 19.9 Å². The maximum Gasteiger partial charge on any atom is 0.130 e. The molecule has 0 bridgehead atoms. The Kier molecular flexibility index (Phi) is 4.65. The topological polar surface area (TPSA) is 76.9 Å². The molecule has 2 N–H and O–H groups in total. The van der Waals surface area contributed by atoms with Crippen LogP contribution in [0.5, 0.6) is 0 Å². The molecule has 118 valence electrons. The van der Waals surface area contributed by atoms with E-state index in [1.54, 1.807) is 0 Å².